The van der Waals surface area contributed by atoms with Gasteiger partial charge in [0.05, 0.1) is 11.5 Å². The monoisotopic (exact) mass is 271 g/mol. The predicted molar refractivity (Wildman–Crippen MR) is 74.8 cm³/mol. The number of rotatable bonds is 6. The molecule has 0 unspecified atom stereocenters. The van der Waals surface area contributed by atoms with E-state index < -0.39 is 9.84 Å². The molecule has 1 aromatic rings. The Labute approximate surface area is 109 Å². The highest BCUT2D eigenvalue weighted by Gasteiger charge is 2.11. The molecule has 0 saturated carbocycles. The number of hydrogen-bond acceptors (Lipinski definition) is 4. The predicted octanol–water partition coefficient (Wildman–Crippen LogP) is 2.09. The number of ether oxygens (including phenoxy) is 1. The first-order valence-corrected chi connectivity index (χ1v) is 7.88. The van der Waals surface area contributed by atoms with Gasteiger partial charge in [-0.1, -0.05) is 13.0 Å². The first-order chi connectivity index (χ1) is 8.37. The van der Waals surface area contributed by atoms with Crippen LogP contribution in [0.2, 0.25) is 0 Å². The highest BCUT2D eigenvalue weighted by atomic mass is 32.2. The molecule has 0 radical (unpaired) electrons. The zero-order valence-corrected chi connectivity index (χ0v) is 12.0. The normalized spacial score (nSPS) is 11.5. The number of nitrogens with two attached hydrogens (primary N) is 1. The molecule has 2 N–H and O–H groups in total. The van der Waals surface area contributed by atoms with Crippen molar-refractivity contribution in [3.63, 3.8) is 0 Å². The molecule has 1 rings (SSSR count). The third-order valence-corrected chi connectivity index (χ3v) is 4.62. The van der Waals surface area contributed by atoms with Crippen LogP contribution < -0.4 is 10.5 Å². The summed E-state index contributed by atoms with van der Waals surface area (Å²) in [7, 11) is -2.99. The number of sulfone groups is 1. The summed E-state index contributed by atoms with van der Waals surface area (Å²) in [5.74, 6) is 0.960. The number of aryl methyl sites for hydroxylation is 1. The minimum absolute atomic E-state index is 0.0501. The minimum atomic E-state index is -2.99. The lowest BCUT2D eigenvalue weighted by atomic mass is 10.1. The Kier molecular flexibility index (Phi) is 5.02. The fraction of sp³-hybridized carbons (Fsp3) is 0.538. The van der Waals surface area contributed by atoms with Crippen molar-refractivity contribution >= 4 is 15.5 Å². The summed E-state index contributed by atoms with van der Waals surface area (Å²) in [5.41, 5.74) is 8.29. The summed E-state index contributed by atoms with van der Waals surface area (Å²) < 4.78 is 28.7. The zero-order valence-electron chi connectivity index (χ0n) is 11.2. The van der Waals surface area contributed by atoms with Crippen LogP contribution in [0.3, 0.4) is 0 Å². The van der Waals surface area contributed by atoms with E-state index in [-0.39, 0.29) is 18.1 Å². The molecule has 0 aliphatic heterocycles. The summed E-state index contributed by atoms with van der Waals surface area (Å²) >= 11 is 0. The molecule has 18 heavy (non-hydrogen) atoms. The van der Waals surface area contributed by atoms with Gasteiger partial charge >= 0.3 is 0 Å². The van der Waals surface area contributed by atoms with Crippen LogP contribution in [0.4, 0.5) is 5.69 Å². The summed E-state index contributed by atoms with van der Waals surface area (Å²) in [5, 5.41) is 0. The van der Waals surface area contributed by atoms with E-state index in [0.717, 1.165) is 11.1 Å². The average molecular weight is 271 g/mol. The lowest BCUT2D eigenvalue weighted by Gasteiger charge is -2.13. The van der Waals surface area contributed by atoms with Crippen molar-refractivity contribution in [1.29, 1.82) is 0 Å². The number of nitrogen functional groups attached to an aromatic ring is 1. The Morgan fingerprint density at radius 2 is 1.89 bits per heavy atom. The lowest BCUT2D eigenvalue weighted by Crippen LogP contribution is -2.17. The molecule has 0 bridgehead atoms. The van der Waals surface area contributed by atoms with Gasteiger partial charge in [-0.15, -0.1) is 0 Å². The van der Waals surface area contributed by atoms with Crippen molar-refractivity contribution in [2.75, 3.05) is 23.8 Å². The van der Waals surface area contributed by atoms with Crippen molar-refractivity contribution in [3.05, 3.63) is 23.3 Å². The second-order valence-corrected chi connectivity index (χ2v) is 6.73. The summed E-state index contributed by atoms with van der Waals surface area (Å²) in [6.45, 7) is 5.82. The molecule has 0 spiro atoms. The maximum atomic E-state index is 11.6. The molecule has 0 heterocycles. The topological polar surface area (TPSA) is 69.4 Å². The van der Waals surface area contributed by atoms with Gasteiger partial charge in [-0.2, -0.15) is 0 Å². The fourth-order valence-corrected chi connectivity index (χ4v) is 2.91. The average Bonchev–Trinajstić information content (AvgIpc) is 2.28. The molecule has 4 nitrogen and oxygen atoms in total. The van der Waals surface area contributed by atoms with Crippen LogP contribution in [0.5, 0.6) is 5.75 Å². The molecule has 0 saturated heterocycles. The summed E-state index contributed by atoms with van der Waals surface area (Å²) in [6, 6.07) is 3.70. The second-order valence-electron chi connectivity index (χ2n) is 4.43. The maximum Gasteiger partial charge on any atom is 0.153 e. The fourth-order valence-electron chi connectivity index (χ4n) is 1.75. The van der Waals surface area contributed by atoms with Crippen molar-refractivity contribution in [3.8, 4) is 5.75 Å². The van der Waals surface area contributed by atoms with Gasteiger partial charge in [0, 0.05) is 11.3 Å². The van der Waals surface area contributed by atoms with Crippen LogP contribution >= 0.6 is 0 Å². The first kappa shape index (κ1) is 14.8. The van der Waals surface area contributed by atoms with Crippen LogP contribution in [0, 0.1) is 13.8 Å². The summed E-state index contributed by atoms with van der Waals surface area (Å²) in [4.78, 5) is 0. The molecule has 0 fully saturated rings. The smallest absolute Gasteiger partial charge is 0.153 e. The second kappa shape index (κ2) is 6.09. The van der Waals surface area contributed by atoms with Crippen molar-refractivity contribution in [2.45, 2.75) is 27.2 Å². The first-order valence-electron chi connectivity index (χ1n) is 6.06. The maximum absolute atomic E-state index is 11.6. The molecule has 1 aromatic carbocycles. The van der Waals surface area contributed by atoms with Crippen LogP contribution in [0.1, 0.15) is 24.5 Å². The van der Waals surface area contributed by atoms with E-state index in [4.69, 9.17) is 10.5 Å². The minimum Gasteiger partial charge on any atom is -0.492 e. The third-order valence-electron chi connectivity index (χ3n) is 2.80. The van der Waals surface area contributed by atoms with Gasteiger partial charge in [0.15, 0.2) is 9.84 Å². The van der Waals surface area contributed by atoms with E-state index in [1.54, 1.807) is 0 Å². The number of hydrogen-bond donors (Lipinski definition) is 1. The molecule has 0 aliphatic rings. The molecule has 0 atom stereocenters. The van der Waals surface area contributed by atoms with Gasteiger partial charge in [0.2, 0.25) is 0 Å². The van der Waals surface area contributed by atoms with Crippen LogP contribution in [-0.4, -0.2) is 26.5 Å². The van der Waals surface area contributed by atoms with E-state index in [0.29, 0.717) is 17.9 Å². The lowest BCUT2D eigenvalue weighted by molar-refractivity contribution is 0.336. The highest BCUT2D eigenvalue weighted by Crippen LogP contribution is 2.27. The third kappa shape index (κ3) is 3.91. The summed E-state index contributed by atoms with van der Waals surface area (Å²) in [6.07, 6.45) is 0.638. The van der Waals surface area contributed by atoms with E-state index in [2.05, 4.69) is 0 Å². The Morgan fingerprint density at radius 1 is 1.22 bits per heavy atom. The molecule has 0 amide bonds. The van der Waals surface area contributed by atoms with Gasteiger partial charge in [-0.25, -0.2) is 8.42 Å². The van der Waals surface area contributed by atoms with Gasteiger partial charge in [-0.3, -0.25) is 0 Å². The van der Waals surface area contributed by atoms with Crippen LogP contribution in [-0.2, 0) is 9.84 Å². The van der Waals surface area contributed by atoms with Gasteiger partial charge in [0.1, 0.15) is 12.4 Å². The molecule has 102 valence electrons. The Hall–Kier alpha value is -1.23. The van der Waals surface area contributed by atoms with E-state index in [1.807, 2.05) is 32.9 Å². The molecule has 0 aromatic heterocycles. The van der Waals surface area contributed by atoms with E-state index >= 15 is 0 Å². The zero-order chi connectivity index (χ0) is 13.8. The SMILES string of the molecule is CCCS(=O)(=O)CCOc1c(C)ccc(N)c1C. The molecular weight excluding hydrogens is 250 g/mol. The van der Waals surface area contributed by atoms with Crippen LogP contribution in [0.15, 0.2) is 12.1 Å². The van der Waals surface area contributed by atoms with Crippen molar-refractivity contribution in [2.24, 2.45) is 0 Å². The number of benzene rings is 1. The standard InChI is InChI=1S/C13H21NO3S/c1-4-8-18(15,16)9-7-17-13-10(2)5-6-12(14)11(13)3/h5-6H,4,7-9,14H2,1-3H3. The largest absolute Gasteiger partial charge is 0.492 e. The van der Waals surface area contributed by atoms with E-state index in [1.165, 1.54) is 0 Å². The van der Waals surface area contributed by atoms with Crippen molar-refractivity contribution in [1.82, 2.24) is 0 Å². The van der Waals surface area contributed by atoms with Gasteiger partial charge in [-0.05, 0) is 31.9 Å². The highest BCUT2D eigenvalue weighted by molar-refractivity contribution is 7.91. The molecular formula is C13H21NO3S. The Morgan fingerprint density at radius 3 is 2.50 bits per heavy atom. The molecule has 5 heteroatoms. The van der Waals surface area contributed by atoms with Gasteiger partial charge in [0.25, 0.3) is 0 Å². The Balaban J connectivity index is 2.68. The number of anilines is 1. The van der Waals surface area contributed by atoms with Gasteiger partial charge < -0.3 is 10.5 Å². The Bertz CT molecular complexity index is 509. The van der Waals surface area contributed by atoms with Crippen molar-refractivity contribution < 1.29 is 13.2 Å². The van der Waals surface area contributed by atoms with E-state index in [9.17, 15) is 8.42 Å². The molecule has 0 aliphatic carbocycles. The quantitative estimate of drug-likeness (QED) is 0.804. The van der Waals surface area contributed by atoms with Crippen LogP contribution in [0.25, 0.3) is 0 Å².